The molecule has 0 bridgehead atoms. The molecular weight excluding hydrogens is 394 g/mol. The molecule has 1 aliphatic heterocycles. The molecule has 1 fully saturated rings. The Morgan fingerprint density at radius 3 is 2.24 bits per heavy atom. The molecule has 0 unspecified atom stereocenters. The van der Waals surface area contributed by atoms with Gasteiger partial charge in [0, 0.05) is 36.0 Å². The largest absolute Gasteiger partial charge is 0.322 e. The number of anilines is 1. The summed E-state index contributed by atoms with van der Waals surface area (Å²) in [5.74, 6) is -0.491. The zero-order chi connectivity index (χ0) is 21.0. The number of hydrogen-bond donors (Lipinski definition) is 1. The predicted octanol–water partition coefficient (Wildman–Crippen LogP) is 3.72. The third kappa shape index (κ3) is 4.63. The van der Waals surface area contributed by atoms with Crippen LogP contribution in [0.4, 0.5) is 11.4 Å². The van der Waals surface area contributed by atoms with E-state index in [9.17, 15) is 23.3 Å². The molecule has 3 rings (SSSR count). The van der Waals surface area contributed by atoms with E-state index in [1.165, 1.54) is 53.7 Å². The predicted molar refractivity (Wildman–Crippen MR) is 109 cm³/mol. The van der Waals surface area contributed by atoms with Crippen LogP contribution >= 0.6 is 0 Å². The molecule has 0 saturated carbocycles. The summed E-state index contributed by atoms with van der Waals surface area (Å²) in [5, 5.41) is 13.7. The Balaban J connectivity index is 1.76. The molecule has 1 amide bonds. The van der Waals surface area contributed by atoms with Gasteiger partial charge in [0.05, 0.1) is 9.82 Å². The highest BCUT2D eigenvalue weighted by atomic mass is 32.2. The zero-order valence-electron chi connectivity index (χ0n) is 16.1. The molecule has 0 radical (unpaired) electrons. The number of nitrogens with one attached hydrogen (secondary N) is 1. The van der Waals surface area contributed by atoms with Gasteiger partial charge in [0.25, 0.3) is 11.6 Å². The first-order valence-electron chi connectivity index (χ1n) is 9.46. The van der Waals surface area contributed by atoms with Crippen LogP contribution in [0.2, 0.25) is 0 Å². The van der Waals surface area contributed by atoms with Crippen LogP contribution in [-0.2, 0) is 10.0 Å². The molecule has 8 nitrogen and oxygen atoms in total. The van der Waals surface area contributed by atoms with Crippen molar-refractivity contribution in [1.29, 1.82) is 0 Å². The number of carbonyl (C=O) groups is 1. The summed E-state index contributed by atoms with van der Waals surface area (Å²) in [5.41, 5.74) is 0.753. The maximum absolute atomic E-state index is 12.8. The van der Waals surface area contributed by atoms with Crippen LogP contribution in [-0.4, -0.2) is 36.6 Å². The first-order valence-corrected chi connectivity index (χ1v) is 10.9. The van der Waals surface area contributed by atoms with E-state index in [1.807, 2.05) is 0 Å². The Labute approximate surface area is 169 Å². The lowest BCUT2D eigenvalue weighted by atomic mass is 10.1. The van der Waals surface area contributed by atoms with Crippen LogP contribution < -0.4 is 5.32 Å². The topological polar surface area (TPSA) is 110 Å². The normalized spacial score (nSPS) is 15.5. The zero-order valence-corrected chi connectivity index (χ0v) is 16.9. The number of benzene rings is 2. The molecule has 154 valence electrons. The van der Waals surface area contributed by atoms with Gasteiger partial charge in [0.1, 0.15) is 0 Å². The molecule has 1 aliphatic rings. The van der Waals surface area contributed by atoms with Crippen molar-refractivity contribution in [2.45, 2.75) is 37.5 Å². The summed E-state index contributed by atoms with van der Waals surface area (Å²) in [6.45, 7) is 2.56. The number of amides is 1. The second kappa shape index (κ2) is 8.71. The number of sulfonamides is 1. The molecule has 0 aromatic heterocycles. The van der Waals surface area contributed by atoms with Gasteiger partial charge in [-0.2, -0.15) is 4.31 Å². The lowest BCUT2D eigenvalue weighted by Gasteiger charge is -2.20. The fraction of sp³-hybridized carbons (Fsp3) is 0.350. The van der Waals surface area contributed by atoms with Gasteiger partial charge in [-0.1, -0.05) is 18.9 Å². The van der Waals surface area contributed by atoms with Crippen molar-refractivity contribution < 1.29 is 18.1 Å². The number of rotatable bonds is 5. The van der Waals surface area contributed by atoms with Crippen molar-refractivity contribution >= 4 is 27.3 Å². The molecule has 1 heterocycles. The van der Waals surface area contributed by atoms with Crippen molar-refractivity contribution in [3.8, 4) is 0 Å². The van der Waals surface area contributed by atoms with Crippen molar-refractivity contribution in [2.24, 2.45) is 0 Å². The smallest absolute Gasteiger partial charge is 0.273 e. The minimum Gasteiger partial charge on any atom is -0.322 e. The van der Waals surface area contributed by atoms with Crippen molar-refractivity contribution in [3.63, 3.8) is 0 Å². The molecule has 0 atom stereocenters. The van der Waals surface area contributed by atoms with E-state index >= 15 is 0 Å². The Kier molecular flexibility index (Phi) is 6.29. The van der Waals surface area contributed by atoms with Crippen LogP contribution in [0.3, 0.4) is 0 Å². The molecule has 9 heteroatoms. The molecule has 2 aromatic rings. The van der Waals surface area contributed by atoms with Gasteiger partial charge < -0.3 is 5.32 Å². The first-order chi connectivity index (χ1) is 13.8. The first kappa shape index (κ1) is 20.9. The second-order valence-electron chi connectivity index (χ2n) is 7.00. The van der Waals surface area contributed by atoms with Crippen LogP contribution in [0, 0.1) is 17.0 Å². The van der Waals surface area contributed by atoms with Crippen molar-refractivity contribution in [3.05, 3.63) is 63.7 Å². The van der Waals surface area contributed by atoms with Crippen LogP contribution in [0.25, 0.3) is 0 Å². The van der Waals surface area contributed by atoms with E-state index in [1.54, 1.807) is 0 Å². The number of carbonyl (C=O) groups excluding carboxylic acids is 1. The van der Waals surface area contributed by atoms with E-state index < -0.39 is 20.9 Å². The van der Waals surface area contributed by atoms with Crippen LogP contribution in [0.15, 0.2) is 47.4 Å². The fourth-order valence-electron chi connectivity index (χ4n) is 3.41. The lowest BCUT2D eigenvalue weighted by Crippen LogP contribution is -2.31. The van der Waals surface area contributed by atoms with E-state index in [0.29, 0.717) is 18.8 Å². The lowest BCUT2D eigenvalue weighted by molar-refractivity contribution is -0.385. The number of hydrogen-bond acceptors (Lipinski definition) is 5. The van der Waals surface area contributed by atoms with E-state index in [4.69, 9.17) is 0 Å². The summed E-state index contributed by atoms with van der Waals surface area (Å²) in [7, 11) is -3.56. The average molecular weight is 417 g/mol. The minimum absolute atomic E-state index is 0.128. The van der Waals surface area contributed by atoms with E-state index in [-0.39, 0.29) is 21.7 Å². The molecule has 0 spiro atoms. The third-order valence-electron chi connectivity index (χ3n) is 5.06. The number of nitro benzene ring substituents is 1. The Morgan fingerprint density at radius 1 is 1.03 bits per heavy atom. The van der Waals surface area contributed by atoms with Gasteiger partial charge in [-0.3, -0.25) is 14.9 Å². The summed E-state index contributed by atoms with van der Waals surface area (Å²) < 4.78 is 27.1. The third-order valence-corrected chi connectivity index (χ3v) is 6.97. The molecule has 1 saturated heterocycles. The summed E-state index contributed by atoms with van der Waals surface area (Å²) in [6, 6.07) is 10.3. The quantitative estimate of drug-likeness (QED) is 0.589. The number of nitrogens with zero attached hydrogens (tertiary/aromatic N) is 2. The molecular formula is C20H23N3O5S. The van der Waals surface area contributed by atoms with Gasteiger partial charge in [0.15, 0.2) is 0 Å². The second-order valence-corrected chi connectivity index (χ2v) is 8.94. The van der Waals surface area contributed by atoms with Gasteiger partial charge in [-0.05, 0) is 50.1 Å². The summed E-state index contributed by atoms with van der Waals surface area (Å²) in [4.78, 5) is 23.2. The van der Waals surface area contributed by atoms with E-state index in [2.05, 4.69) is 5.32 Å². The SMILES string of the molecule is Cc1c(C(=O)Nc2ccc(S(=O)(=O)N3CCCCCC3)cc2)cccc1[N+](=O)[O-]. The van der Waals surface area contributed by atoms with Gasteiger partial charge >= 0.3 is 0 Å². The maximum atomic E-state index is 12.8. The fourth-order valence-corrected chi connectivity index (χ4v) is 4.92. The Bertz CT molecular complexity index is 1010. The van der Waals surface area contributed by atoms with Gasteiger partial charge in [-0.15, -0.1) is 0 Å². The molecule has 0 aliphatic carbocycles. The van der Waals surface area contributed by atoms with Crippen molar-refractivity contribution in [2.75, 3.05) is 18.4 Å². The van der Waals surface area contributed by atoms with E-state index in [0.717, 1.165) is 25.7 Å². The summed E-state index contributed by atoms with van der Waals surface area (Å²) >= 11 is 0. The Hall–Kier alpha value is -2.78. The van der Waals surface area contributed by atoms with Crippen molar-refractivity contribution in [1.82, 2.24) is 4.31 Å². The highest BCUT2D eigenvalue weighted by molar-refractivity contribution is 7.89. The highest BCUT2D eigenvalue weighted by Gasteiger charge is 2.25. The monoisotopic (exact) mass is 417 g/mol. The van der Waals surface area contributed by atoms with Gasteiger partial charge in [-0.25, -0.2) is 8.42 Å². The molecule has 2 aromatic carbocycles. The minimum atomic E-state index is -3.56. The standard InChI is InChI=1S/C20H23N3O5S/c1-15-18(7-6-8-19(15)23(25)26)20(24)21-16-9-11-17(12-10-16)29(27,28)22-13-4-2-3-5-14-22/h6-12H,2-5,13-14H2,1H3,(H,21,24). The number of nitro groups is 1. The van der Waals surface area contributed by atoms with Gasteiger partial charge in [0.2, 0.25) is 10.0 Å². The van der Waals surface area contributed by atoms with Crippen LogP contribution in [0.1, 0.15) is 41.6 Å². The highest BCUT2D eigenvalue weighted by Crippen LogP contribution is 2.24. The average Bonchev–Trinajstić information content (AvgIpc) is 2.98. The maximum Gasteiger partial charge on any atom is 0.273 e. The van der Waals surface area contributed by atoms with Crippen LogP contribution in [0.5, 0.6) is 0 Å². The summed E-state index contributed by atoms with van der Waals surface area (Å²) in [6.07, 6.45) is 3.79. The Morgan fingerprint density at radius 2 is 1.66 bits per heavy atom. The molecule has 29 heavy (non-hydrogen) atoms. The molecule has 1 N–H and O–H groups in total.